The SMILES string of the molecule is CCn1c2c(c3cc(C)ccc31)CC(C(=O)O)CC2. The molecule has 2 aromatic rings. The summed E-state index contributed by atoms with van der Waals surface area (Å²) in [6.07, 6.45) is 2.32. The van der Waals surface area contributed by atoms with Gasteiger partial charge in [0.15, 0.2) is 0 Å². The number of carbonyl (C=O) groups is 1. The normalized spacial score (nSPS) is 18.5. The number of aryl methyl sites for hydroxylation is 2. The summed E-state index contributed by atoms with van der Waals surface area (Å²) < 4.78 is 2.35. The second-order valence-corrected chi connectivity index (χ2v) is 5.47. The van der Waals surface area contributed by atoms with Crippen molar-refractivity contribution in [2.45, 2.75) is 39.7 Å². The Hall–Kier alpha value is -1.77. The molecule has 100 valence electrons. The van der Waals surface area contributed by atoms with E-state index in [1.165, 1.54) is 27.7 Å². The highest BCUT2D eigenvalue weighted by Crippen LogP contribution is 2.34. The summed E-state index contributed by atoms with van der Waals surface area (Å²) in [5.41, 5.74) is 5.10. The number of aliphatic carboxylic acids is 1. The molecule has 1 unspecified atom stereocenters. The number of rotatable bonds is 2. The van der Waals surface area contributed by atoms with Crippen LogP contribution in [-0.2, 0) is 24.2 Å². The van der Waals surface area contributed by atoms with Crippen molar-refractivity contribution < 1.29 is 9.90 Å². The van der Waals surface area contributed by atoms with Crippen molar-refractivity contribution >= 4 is 16.9 Å². The minimum absolute atomic E-state index is 0.219. The lowest BCUT2D eigenvalue weighted by Crippen LogP contribution is -2.22. The monoisotopic (exact) mass is 257 g/mol. The van der Waals surface area contributed by atoms with Gasteiger partial charge >= 0.3 is 5.97 Å². The van der Waals surface area contributed by atoms with Crippen molar-refractivity contribution in [2.24, 2.45) is 5.92 Å². The lowest BCUT2D eigenvalue weighted by atomic mass is 9.86. The molecule has 0 bridgehead atoms. The third kappa shape index (κ3) is 1.84. The van der Waals surface area contributed by atoms with E-state index in [1.54, 1.807) is 0 Å². The number of hydrogen-bond donors (Lipinski definition) is 1. The van der Waals surface area contributed by atoms with Crippen molar-refractivity contribution in [3.05, 3.63) is 35.0 Å². The van der Waals surface area contributed by atoms with Gasteiger partial charge in [-0.1, -0.05) is 11.6 Å². The molecular weight excluding hydrogens is 238 g/mol. The second-order valence-electron chi connectivity index (χ2n) is 5.47. The summed E-state index contributed by atoms with van der Waals surface area (Å²) in [4.78, 5) is 11.2. The Kier molecular flexibility index (Phi) is 2.85. The van der Waals surface area contributed by atoms with Crippen LogP contribution in [0.2, 0.25) is 0 Å². The maximum absolute atomic E-state index is 11.2. The van der Waals surface area contributed by atoms with Crippen LogP contribution < -0.4 is 0 Å². The molecule has 1 atom stereocenters. The van der Waals surface area contributed by atoms with Crippen LogP contribution >= 0.6 is 0 Å². The highest BCUT2D eigenvalue weighted by Gasteiger charge is 2.28. The van der Waals surface area contributed by atoms with Crippen LogP contribution in [-0.4, -0.2) is 15.6 Å². The van der Waals surface area contributed by atoms with Gasteiger partial charge in [0.1, 0.15) is 0 Å². The zero-order chi connectivity index (χ0) is 13.6. The van der Waals surface area contributed by atoms with E-state index in [-0.39, 0.29) is 5.92 Å². The first-order valence-corrected chi connectivity index (χ1v) is 6.95. The molecular formula is C16H19NO2. The second kappa shape index (κ2) is 4.41. The van der Waals surface area contributed by atoms with E-state index >= 15 is 0 Å². The van der Waals surface area contributed by atoms with Crippen LogP contribution in [0.4, 0.5) is 0 Å². The Bertz CT molecular complexity index is 654. The fourth-order valence-corrected chi connectivity index (χ4v) is 3.34. The number of hydrogen-bond acceptors (Lipinski definition) is 1. The number of carboxylic acid groups (broad SMARTS) is 1. The molecule has 0 saturated heterocycles. The van der Waals surface area contributed by atoms with Crippen molar-refractivity contribution in [3.63, 3.8) is 0 Å². The van der Waals surface area contributed by atoms with Crippen molar-refractivity contribution in [2.75, 3.05) is 0 Å². The molecule has 0 fully saturated rings. The van der Waals surface area contributed by atoms with Gasteiger partial charge in [0, 0.05) is 23.1 Å². The molecule has 1 aromatic heterocycles. The van der Waals surface area contributed by atoms with Crippen molar-refractivity contribution in [1.82, 2.24) is 4.57 Å². The Balaban J connectivity index is 2.22. The minimum atomic E-state index is -0.657. The van der Waals surface area contributed by atoms with E-state index in [0.29, 0.717) is 6.42 Å². The molecule has 1 aliphatic carbocycles. The van der Waals surface area contributed by atoms with Gasteiger partial charge in [0.05, 0.1) is 5.92 Å². The Labute approximate surface area is 112 Å². The molecule has 3 nitrogen and oxygen atoms in total. The quantitative estimate of drug-likeness (QED) is 0.898. The van der Waals surface area contributed by atoms with Gasteiger partial charge in [0.2, 0.25) is 0 Å². The Morgan fingerprint density at radius 3 is 2.95 bits per heavy atom. The number of aromatic nitrogens is 1. The Morgan fingerprint density at radius 1 is 1.47 bits per heavy atom. The Morgan fingerprint density at radius 2 is 2.26 bits per heavy atom. The van der Waals surface area contributed by atoms with Gasteiger partial charge in [-0.3, -0.25) is 4.79 Å². The molecule has 0 spiro atoms. The average Bonchev–Trinajstić information content (AvgIpc) is 2.71. The highest BCUT2D eigenvalue weighted by molar-refractivity contribution is 5.87. The van der Waals surface area contributed by atoms with Gasteiger partial charge in [-0.25, -0.2) is 0 Å². The van der Waals surface area contributed by atoms with Gasteiger partial charge < -0.3 is 9.67 Å². The van der Waals surface area contributed by atoms with Gasteiger partial charge in [-0.15, -0.1) is 0 Å². The van der Waals surface area contributed by atoms with E-state index in [9.17, 15) is 9.90 Å². The topological polar surface area (TPSA) is 42.2 Å². The molecule has 1 aliphatic rings. The smallest absolute Gasteiger partial charge is 0.306 e. The molecule has 0 aliphatic heterocycles. The van der Waals surface area contributed by atoms with Gasteiger partial charge in [0.25, 0.3) is 0 Å². The molecule has 3 rings (SSSR count). The summed E-state index contributed by atoms with van der Waals surface area (Å²) in [5, 5.41) is 10.5. The van der Waals surface area contributed by atoms with Crippen LogP contribution in [0.1, 0.15) is 30.2 Å². The van der Waals surface area contributed by atoms with Crippen molar-refractivity contribution in [1.29, 1.82) is 0 Å². The molecule has 0 saturated carbocycles. The van der Waals surface area contributed by atoms with Gasteiger partial charge in [-0.2, -0.15) is 0 Å². The van der Waals surface area contributed by atoms with E-state index in [4.69, 9.17) is 0 Å². The van der Waals surface area contributed by atoms with Crippen LogP contribution in [0.5, 0.6) is 0 Å². The summed E-state index contributed by atoms with van der Waals surface area (Å²) in [6.45, 7) is 5.20. The average molecular weight is 257 g/mol. The third-order valence-electron chi connectivity index (χ3n) is 4.29. The van der Waals surface area contributed by atoms with Crippen LogP contribution in [0, 0.1) is 12.8 Å². The zero-order valence-corrected chi connectivity index (χ0v) is 11.4. The lowest BCUT2D eigenvalue weighted by molar-refractivity contribution is -0.142. The molecule has 19 heavy (non-hydrogen) atoms. The zero-order valence-electron chi connectivity index (χ0n) is 11.4. The third-order valence-corrected chi connectivity index (χ3v) is 4.29. The van der Waals surface area contributed by atoms with Crippen molar-refractivity contribution in [3.8, 4) is 0 Å². The summed E-state index contributed by atoms with van der Waals surface area (Å²) in [7, 11) is 0. The minimum Gasteiger partial charge on any atom is -0.481 e. The summed E-state index contributed by atoms with van der Waals surface area (Å²) in [5.74, 6) is -0.875. The summed E-state index contributed by atoms with van der Waals surface area (Å²) >= 11 is 0. The molecule has 0 amide bonds. The van der Waals surface area contributed by atoms with E-state index in [0.717, 1.165) is 19.4 Å². The predicted molar refractivity (Wildman–Crippen MR) is 75.5 cm³/mol. The van der Waals surface area contributed by atoms with Crippen LogP contribution in [0.3, 0.4) is 0 Å². The van der Waals surface area contributed by atoms with Crippen LogP contribution in [0.25, 0.3) is 10.9 Å². The van der Waals surface area contributed by atoms with E-state index < -0.39 is 5.97 Å². The van der Waals surface area contributed by atoms with E-state index in [2.05, 4.69) is 36.6 Å². The predicted octanol–water partition coefficient (Wildman–Crippen LogP) is 3.16. The highest BCUT2D eigenvalue weighted by atomic mass is 16.4. The lowest BCUT2D eigenvalue weighted by Gasteiger charge is -2.20. The molecule has 3 heteroatoms. The first-order chi connectivity index (χ1) is 9.11. The number of carboxylic acids is 1. The standard InChI is InChI=1S/C16H19NO2/c1-3-17-14-6-4-10(2)8-12(14)13-9-11(16(18)19)5-7-15(13)17/h4,6,8,11H,3,5,7,9H2,1-2H3,(H,18,19). The van der Waals surface area contributed by atoms with Gasteiger partial charge in [-0.05, 0) is 50.8 Å². The molecule has 0 radical (unpaired) electrons. The molecule has 1 N–H and O–H groups in total. The summed E-state index contributed by atoms with van der Waals surface area (Å²) in [6, 6.07) is 6.50. The first-order valence-electron chi connectivity index (χ1n) is 6.95. The maximum Gasteiger partial charge on any atom is 0.306 e. The van der Waals surface area contributed by atoms with E-state index in [1.807, 2.05) is 0 Å². The number of fused-ring (bicyclic) bond motifs is 3. The largest absolute Gasteiger partial charge is 0.481 e. The number of nitrogens with zero attached hydrogens (tertiary/aromatic N) is 1. The van der Waals surface area contributed by atoms with Crippen LogP contribution in [0.15, 0.2) is 18.2 Å². The fourth-order valence-electron chi connectivity index (χ4n) is 3.34. The maximum atomic E-state index is 11.2. The fraction of sp³-hybridized carbons (Fsp3) is 0.438. The first kappa shape index (κ1) is 12.3. The number of benzene rings is 1. The molecule has 1 aromatic carbocycles. The molecule has 1 heterocycles.